The lowest BCUT2D eigenvalue weighted by Crippen LogP contribution is -2.32. The van der Waals surface area contributed by atoms with Gasteiger partial charge in [-0.2, -0.15) is 0 Å². The standard InChI is InChI=1S/C12H25N3/c1-10-5-8-15(9-10)7-4-6-12(2,3)11(13)14/h10H,4-9H2,1-3H3,(H3,13,14). The van der Waals surface area contributed by atoms with E-state index in [0.29, 0.717) is 5.84 Å². The minimum Gasteiger partial charge on any atom is -0.387 e. The zero-order chi connectivity index (χ0) is 11.5. The highest BCUT2D eigenvalue weighted by Crippen LogP contribution is 2.23. The van der Waals surface area contributed by atoms with E-state index in [0.717, 1.165) is 18.8 Å². The molecule has 0 aromatic carbocycles. The zero-order valence-electron chi connectivity index (χ0n) is 10.3. The monoisotopic (exact) mass is 211 g/mol. The van der Waals surface area contributed by atoms with Gasteiger partial charge in [0, 0.05) is 12.0 Å². The maximum absolute atomic E-state index is 7.48. The van der Waals surface area contributed by atoms with Gasteiger partial charge in [-0.15, -0.1) is 0 Å². The minimum absolute atomic E-state index is 0.120. The summed E-state index contributed by atoms with van der Waals surface area (Å²) in [5.41, 5.74) is 5.44. The second-order valence-electron chi connectivity index (χ2n) is 5.60. The summed E-state index contributed by atoms with van der Waals surface area (Å²) in [6.45, 7) is 10.1. The highest BCUT2D eigenvalue weighted by atomic mass is 15.1. The van der Waals surface area contributed by atoms with Crippen molar-refractivity contribution in [1.82, 2.24) is 4.90 Å². The molecule has 1 rings (SSSR count). The van der Waals surface area contributed by atoms with Crippen LogP contribution in [0.1, 0.15) is 40.0 Å². The third-order valence-electron chi connectivity index (χ3n) is 3.51. The summed E-state index contributed by atoms with van der Waals surface area (Å²) in [5.74, 6) is 1.18. The van der Waals surface area contributed by atoms with Crippen LogP contribution in [0.15, 0.2) is 0 Å². The van der Waals surface area contributed by atoms with Gasteiger partial charge in [0.25, 0.3) is 0 Å². The van der Waals surface area contributed by atoms with Crippen LogP contribution >= 0.6 is 0 Å². The zero-order valence-corrected chi connectivity index (χ0v) is 10.3. The molecule has 0 radical (unpaired) electrons. The summed E-state index contributed by atoms with van der Waals surface area (Å²) in [6, 6.07) is 0. The number of amidine groups is 1. The second-order valence-corrected chi connectivity index (χ2v) is 5.60. The maximum atomic E-state index is 7.48. The third kappa shape index (κ3) is 3.82. The van der Waals surface area contributed by atoms with Crippen LogP contribution in [0.2, 0.25) is 0 Å². The SMILES string of the molecule is CC1CCN(CCCC(C)(C)C(=N)N)C1. The molecule has 0 bridgehead atoms. The Labute approximate surface area is 93.5 Å². The molecular formula is C12H25N3. The number of hydrogen-bond donors (Lipinski definition) is 2. The second kappa shape index (κ2) is 4.97. The number of nitrogens with zero attached hydrogens (tertiary/aromatic N) is 1. The fraction of sp³-hybridized carbons (Fsp3) is 0.917. The Bertz CT molecular complexity index is 223. The van der Waals surface area contributed by atoms with Crippen LogP contribution in [0.25, 0.3) is 0 Å². The van der Waals surface area contributed by atoms with E-state index in [1.54, 1.807) is 0 Å². The molecule has 1 saturated heterocycles. The van der Waals surface area contributed by atoms with E-state index in [2.05, 4.69) is 25.7 Å². The van der Waals surface area contributed by atoms with E-state index in [1.807, 2.05) is 0 Å². The summed E-state index contributed by atoms with van der Waals surface area (Å²) in [4.78, 5) is 2.53. The van der Waals surface area contributed by atoms with Crippen LogP contribution in [-0.4, -0.2) is 30.4 Å². The van der Waals surface area contributed by atoms with Crippen LogP contribution in [0.4, 0.5) is 0 Å². The van der Waals surface area contributed by atoms with Gasteiger partial charge in [0.1, 0.15) is 0 Å². The Kier molecular flexibility index (Phi) is 4.14. The summed E-state index contributed by atoms with van der Waals surface area (Å²) in [7, 11) is 0. The molecule has 3 heteroatoms. The Morgan fingerprint density at radius 2 is 2.20 bits per heavy atom. The van der Waals surface area contributed by atoms with E-state index in [1.165, 1.54) is 26.1 Å². The first-order chi connectivity index (χ1) is 6.92. The predicted molar refractivity (Wildman–Crippen MR) is 65.2 cm³/mol. The van der Waals surface area contributed by atoms with E-state index >= 15 is 0 Å². The quantitative estimate of drug-likeness (QED) is 0.540. The van der Waals surface area contributed by atoms with Crippen molar-refractivity contribution >= 4 is 5.84 Å². The maximum Gasteiger partial charge on any atom is 0.0963 e. The first kappa shape index (κ1) is 12.5. The van der Waals surface area contributed by atoms with E-state index in [9.17, 15) is 0 Å². The van der Waals surface area contributed by atoms with Crippen molar-refractivity contribution in [3.05, 3.63) is 0 Å². The molecule has 1 heterocycles. The van der Waals surface area contributed by atoms with E-state index in [-0.39, 0.29) is 5.41 Å². The fourth-order valence-electron chi connectivity index (χ4n) is 2.11. The summed E-state index contributed by atoms with van der Waals surface area (Å²) in [5, 5.41) is 7.48. The Morgan fingerprint density at radius 1 is 1.53 bits per heavy atom. The lowest BCUT2D eigenvalue weighted by atomic mass is 9.86. The van der Waals surface area contributed by atoms with Gasteiger partial charge in [-0.3, -0.25) is 5.41 Å². The lowest BCUT2D eigenvalue weighted by Gasteiger charge is -2.24. The number of rotatable bonds is 5. The first-order valence-corrected chi connectivity index (χ1v) is 5.98. The number of hydrogen-bond acceptors (Lipinski definition) is 2. The summed E-state index contributed by atoms with van der Waals surface area (Å²) in [6.07, 6.45) is 3.52. The Hall–Kier alpha value is -0.570. The Balaban J connectivity index is 2.19. The molecule has 0 aromatic heterocycles. The molecule has 1 aliphatic rings. The molecule has 1 aliphatic heterocycles. The molecule has 0 spiro atoms. The Morgan fingerprint density at radius 3 is 2.67 bits per heavy atom. The van der Waals surface area contributed by atoms with Crippen molar-refractivity contribution in [3.8, 4) is 0 Å². The number of nitrogens with two attached hydrogens (primary N) is 1. The first-order valence-electron chi connectivity index (χ1n) is 5.98. The average molecular weight is 211 g/mol. The smallest absolute Gasteiger partial charge is 0.0963 e. The summed E-state index contributed by atoms with van der Waals surface area (Å²) < 4.78 is 0. The van der Waals surface area contributed by atoms with E-state index in [4.69, 9.17) is 11.1 Å². The van der Waals surface area contributed by atoms with Gasteiger partial charge in [0.2, 0.25) is 0 Å². The summed E-state index contributed by atoms with van der Waals surface area (Å²) >= 11 is 0. The van der Waals surface area contributed by atoms with Crippen LogP contribution in [0, 0.1) is 16.7 Å². The van der Waals surface area contributed by atoms with Crippen molar-refractivity contribution in [2.45, 2.75) is 40.0 Å². The highest BCUT2D eigenvalue weighted by molar-refractivity contribution is 5.82. The molecule has 0 aromatic rings. The molecule has 1 atom stereocenters. The normalized spacial score (nSPS) is 23.3. The minimum atomic E-state index is -0.120. The molecule has 0 amide bonds. The van der Waals surface area contributed by atoms with Gasteiger partial charge in [-0.25, -0.2) is 0 Å². The van der Waals surface area contributed by atoms with E-state index < -0.39 is 0 Å². The van der Waals surface area contributed by atoms with Gasteiger partial charge in [-0.05, 0) is 38.3 Å². The molecule has 15 heavy (non-hydrogen) atoms. The molecule has 88 valence electrons. The number of likely N-dealkylation sites (tertiary alicyclic amines) is 1. The molecule has 0 aliphatic carbocycles. The van der Waals surface area contributed by atoms with Gasteiger partial charge in [0.05, 0.1) is 5.84 Å². The van der Waals surface area contributed by atoms with Gasteiger partial charge in [-0.1, -0.05) is 20.8 Å². The number of nitrogens with one attached hydrogen (secondary N) is 1. The van der Waals surface area contributed by atoms with Gasteiger partial charge >= 0.3 is 0 Å². The van der Waals surface area contributed by atoms with Gasteiger partial charge < -0.3 is 10.6 Å². The third-order valence-corrected chi connectivity index (χ3v) is 3.51. The fourth-order valence-corrected chi connectivity index (χ4v) is 2.11. The van der Waals surface area contributed by atoms with Crippen molar-refractivity contribution in [1.29, 1.82) is 5.41 Å². The highest BCUT2D eigenvalue weighted by Gasteiger charge is 2.23. The molecule has 3 N–H and O–H groups in total. The molecule has 0 saturated carbocycles. The average Bonchev–Trinajstić information content (AvgIpc) is 2.51. The van der Waals surface area contributed by atoms with Crippen molar-refractivity contribution in [2.24, 2.45) is 17.1 Å². The topological polar surface area (TPSA) is 53.1 Å². The lowest BCUT2D eigenvalue weighted by molar-refractivity contribution is 0.301. The van der Waals surface area contributed by atoms with Crippen molar-refractivity contribution < 1.29 is 0 Å². The molecular weight excluding hydrogens is 186 g/mol. The predicted octanol–water partition coefficient (Wildman–Crippen LogP) is 2.07. The largest absolute Gasteiger partial charge is 0.387 e. The van der Waals surface area contributed by atoms with Crippen molar-refractivity contribution in [2.75, 3.05) is 19.6 Å². The van der Waals surface area contributed by atoms with Crippen LogP contribution in [0.5, 0.6) is 0 Å². The molecule has 1 unspecified atom stereocenters. The van der Waals surface area contributed by atoms with Crippen molar-refractivity contribution in [3.63, 3.8) is 0 Å². The van der Waals surface area contributed by atoms with Crippen LogP contribution < -0.4 is 5.73 Å². The molecule has 1 fully saturated rings. The van der Waals surface area contributed by atoms with Gasteiger partial charge in [0.15, 0.2) is 0 Å². The van der Waals surface area contributed by atoms with Crippen LogP contribution in [-0.2, 0) is 0 Å². The molecule has 3 nitrogen and oxygen atoms in total. The van der Waals surface area contributed by atoms with Crippen LogP contribution in [0.3, 0.4) is 0 Å².